The van der Waals surface area contributed by atoms with Gasteiger partial charge in [0.05, 0.1) is 7.11 Å². The fourth-order valence-corrected chi connectivity index (χ4v) is 2.39. The van der Waals surface area contributed by atoms with Crippen molar-refractivity contribution in [3.8, 4) is 5.75 Å². The van der Waals surface area contributed by atoms with Gasteiger partial charge in [-0.3, -0.25) is 0 Å². The summed E-state index contributed by atoms with van der Waals surface area (Å²) in [5.41, 5.74) is 1.05. The van der Waals surface area contributed by atoms with E-state index in [0.29, 0.717) is 24.1 Å². The summed E-state index contributed by atoms with van der Waals surface area (Å²) in [4.78, 5) is 0. The number of hydrogen-bond donors (Lipinski definition) is 1. The van der Waals surface area contributed by atoms with Gasteiger partial charge in [-0.15, -0.1) is 0 Å². The Hall–Kier alpha value is -1.94. The van der Waals surface area contributed by atoms with Gasteiger partial charge in [-0.2, -0.15) is 0 Å². The Morgan fingerprint density at radius 1 is 1.10 bits per heavy atom. The van der Waals surface area contributed by atoms with E-state index in [1.54, 1.807) is 36.4 Å². The summed E-state index contributed by atoms with van der Waals surface area (Å²) >= 11 is 0. The Morgan fingerprint density at radius 2 is 1.86 bits per heavy atom. The Bertz CT molecular complexity index is 601. The molecule has 0 aliphatic rings. The second-order valence-corrected chi connectivity index (χ2v) is 4.77. The van der Waals surface area contributed by atoms with Gasteiger partial charge in [0.2, 0.25) is 0 Å². The van der Waals surface area contributed by atoms with Gasteiger partial charge in [-0.25, -0.2) is 8.78 Å². The van der Waals surface area contributed by atoms with Crippen molar-refractivity contribution in [3.05, 3.63) is 65.2 Å². The molecule has 0 aliphatic carbocycles. The average Bonchev–Trinajstić information content (AvgIpc) is 2.49. The number of hydrogen-bond acceptors (Lipinski definition) is 2. The van der Waals surface area contributed by atoms with Crippen LogP contribution >= 0.6 is 0 Å². The minimum absolute atomic E-state index is 0.205. The molecule has 0 saturated carbocycles. The fraction of sp³-hybridized carbons (Fsp3) is 0.294. The highest BCUT2D eigenvalue weighted by atomic mass is 19.1. The van der Waals surface area contributed by atoms with Crippen LogP contribution < -0.4 is 10.1 Å². The third-order valence-electron chi connectivity index (χ3n) is 3.42. The summed E-state index contributed by atoms with van der Waals surface area (Å²) < 4.78 is 33.2. The minimum Gasteiger partial charge on any atom is -0.494 e. The Kier molecular flexibility index (Phi) is 5.28. The molecule has 0 bridgehead atoms. The number of likely N-dealkylation sites (N-methyl/N-ethyl adjacent to an activating group) is 1. The molecule has 2 rings (SSSR count). The number of halogens is 2. The molecule has 2 aromatic carbocycles. The van der Waals surface area contributed by atoms with Gasteiger partial charge in [0, 0.05) is 11.6 Å². The van der Waals surface area contributed by atoms with Crippen LogP contribution in [-0.2, 0) is 6.42 Å². The van der Waals surface area contributed by atoms with Gasteiger partial charge in [0.15, 0.2) is 11.6 Å². The van der Waals surface area contributed by atoms with Crippen LogP contribution in [0.3, 0.4) is 0 Å². The Balaban J connectivity index is 2.31. The van der Waals surface area contributed by atoms with Crippen LogP contribution in [0.15, 0.2) is 42.5 Å². The van der Waals surface area contributed by atoms with Crippen LogP contribution in [-0.4, -0.2) is 13.7 Å². The lowest BCUT2D eigenvalue weighted by atomic mass is 9.97. The number of rotatable bonds is 6. The van der Waals surface area contributed by atoms with Crippen molar-refractivity contribution in [2.45, 2.75) is 19.4 Å². The van der Waals surface area contributed by atoms with Crippen LogP contribution in [0, 0.1) is 11.6 Å². The second-order valence-electron chi connectivity index (χ2n) is 4.77. The lowest BCUT2D eigenvalue weighted by Crippen LogP contribution is -2.24. The largest absolute Gasteiger partial charge is 0.494 e. The van der Waals surface area contributed by atoms with E-state index in [1.807, 2.05) is 6.92 Å². The predicted molar refractivity (Wildman–Crippen MR) is 79.5 cm³/mol. The first kappa shape index (κ1) is 15.4. The first-order valence-corrected chi connectivity index (χ1v) is 6.96. The van der Waals surface area contributed by atoms with E-state index >= 15 is 0 Å². The summed E-state index contributed by atoms with van der Waals surface area (Å²) in [6.07, 6.45) is 0.359. The third-order valence-corrected chi connectivity index (χ3v) is 3.42. The number of methoxy groups -OCH3 is 1. The van der Waals surface area contributed by atoms with E-state index in [0.717, 1.165) is 0 Å². The molecule has 0 saturated heterocycles. The van der Waals surface area contributed by atoms with Crippen LogP contribution in [0.25, 0.3) is 0 Å². The third kappa shape index (κ3) is 3.58. The van der Waals surface area contributed by atoms with Crippen LogP contribution in [0.5, 0.6) is 5.75 Å². The van der Waals surface area contributed by atoms with Gasteiger partial charge in [0.25, 0.3) is 0 Å². The molecular formula is C17H19F2NO. The Labute approximate surface area is 123 Å². The van der Waals surface area contributed by atoms with Crippen molar-refractivity contribution < 1.29 is 13.5 Å². The van der Waals surface area contributed by atoms with Crippen LogP contribution in [0.4, 0.5) is 8.78 Å². The molecule has 1 unspecified atom stereocenters. The zero-order valence-electron chi connectivity index (χ0n) is 12.2. The van der Waals surface area contributed by atoms with Gasteiger partial charge in [-0.05, 0) is 30.7 Å². The highest BCUT2D eigenvalue weighted by Crippen LogP contribution is 2.26. The molecule has 0 spiro atoms. The van der Waals surface area contributed by atoms with E-state index < -0.39 is 0 Å². The summed E-state index contributed by atoms with van der Waals surface area (Å²) in [7, 11) is 1.43. The lowest BCUT2D eigenvalue weighted by Gasteiger charge is -2.20. The summed E-state index contributed by atoms with van der Waals surface area (Å²) in [6.45, 7) is 2.61. The molecule has 4 heteroatoms. The zero-order valence-corrected chi connectivity index (χ0v) is 12.2. The molecule has 2 aromatic rings. The van der Waals surface area contributed by atoms with Gasteiger partial charge in [-0.1, -0.05) is 37.3 Å². The highest BCUT2D eigenvalue weighted by molar-refractivity contribution is 5.33. The second kappa shape index (κ2) is 7.18. The monoisotopic (exact) mass is 291 g/mol. The molecule has 1 atom stereocenters. The molecule has 0 fully saturated rings. The van der Waals surface area contributed by atoms with Crippen LogP contribution in [0.2, 0.25) is 0 Å². The Morgan fingerprint density at radius 3 is 2.52 bits per heavy atom. The van der Waals surface area contributed by atoms with E-state index in [9.17, 15) is 8.78 Å². The summed E-state index contributed by atoms with van der Waals surface area (Å²) in [6, 6.07) is 11.3. The molecule has 21 heavy (non-hydrogen) atoms. The average molecular weight is 291 g/mol. The first-order chi connectivity index (χ1) is 10.2. The van der Waals surface area contributed by atoms with Crippen molar-refractivity contribution in [1.29, 1.82) is 0 Å². The van der Waals surface area contributed by atoms with Crippen molar-refractivity contribution in [1.82, 2.24) is 5.32 Å². The van der Waals surface area contributed by atoms with Gasteiger partial charge >= 0.3 is 0 Å². The normalized spacial score (nSPS) is 12.2. The quantitative estimate of drug-likeness (QED) is 0.872. The van der Waals surface area contributed by atoms with Crippen molar-refractivity contribution in [2.24, 2.45) is 0 Å². The number of ether oxygens (including phenoxy) is 1. The molecule has 112 valence electrons. The molecule has 0 radical (unpaired) electrons. The van der Waals surface area contributed by atoms with E-state index in [1.165, 1.54) is 13.2 Å². The fourth-order valence-electron chi connectivity index (χ4n) is 2.39. The van der Waals surface area contributed by atoms with Gasteiger partial charge in [0.1, 0.15) is 5.82 Å². The van der Waals surface area contributed by atoms with E-state index in [4.69, 9.17) is 4.74 Å². The standard InChI is InChI=1S/C17H19F2NO/c1-3-20-15(13-8-4-5-9-14(13)18)11-12-7-6-10-16(21-2)17(12)19/h4-10,15,20H,3,11H2,1-2H3. The number of benzene rings is 2. The smallest absolute Gasteiger partial charge is 0.168 e. The minimum atomic E-state index is -0.390. The zero-order chi connectivity index (χ0) is 15.2. The highest BCUT2D eigenvalue weighted by Gasteiger charge is 2.18. The van der Waals surface area contributed by atoms with E-state index in [-0.39, 0.29) is 23.4 Å². The molecule has 1 N–H and O–H groups in total. The molecule has 0 amide bonds. The summed E-state index contributed by atoms with van der Waals surface area (Å²) in [5.74, 6) is -0.470. The maximum absolute atomic E-state index is 14.2. The number of nitrogens with one attached hydrogen (secondary N) is 1. The van der Waals surface area contributed by atoms with Crippen molar-refractivity contribution in [2.75, 3.05) is 13.7 Å². The predicted octanol–water partition coefficient (Wildman–Crippen LogP) is 3.87. The lowest BCUT2D eigenvalue weighted by molar-refractivity contribution is 0.382. The summed E-state index contributed by atoms with van der Waals surface area (Å²) in [5, 5.41) is 3.21. The first-order valence-electron chi connectivity index (χ1n) is 6.96. The topological polar surface area (TPSA) is 21.3 Å². The molecule has 0 aromatic heterocycles. The van der Waals surface area contributed by atoms with E-state index in [2.05, 4.69) is 5.32 Å². The molecule has 0 aliphatic heterocycles. The molecular weight excluding hydrogens is 272 g/mol. The van der Waals surface area contributed by atoms with Crippen LogP contribution in [0.1, 0.15) is 24.1 Å². The SMILES string of the molecule is CCNC(Cc1cccc(OC)c1F)c1ccccc1F. The molecule has 2 nitrogen and oxygen atoms in total. The maximum atomic E-state index is 14.2. The maximum Gasteiger partial charge on any atom is 0.168 e. The molecule has 0 heterocycles. The van der Waals surface area contributed by atoms with Gasteiger partial charge < -0.3 is 10.1 Å². The van der Waals surface area contributed by atoms with Crippen molar-refractivity contribution >= 4 is 0 Å². The van der Waals surface area contributed by atoms with Crippen molar-refractivity contribution in [3.63, 3.8) is 0 Å².